The molecular formula is C13H20ClNS. The summed E-state index contributed by atoms with van der Waals surface area (Å²) in [5.41, 5.74) is 1.05. The van der Waals surface area contributed by atoms with E-state index in [2.05, 4.69) is 24.2 Å². The van der Waals surface area contributed by atoms with Crippen molar-refractivity contribution in [3.05, 3.63) is 16.1 Å². The molecule has 2 rings (SSSR count). The van der Waals surface area contributed by atoms with Crippen LogP contribution >= 0.6 is 22.9 Å². The van der Waals surface area contributed by atoms with Gasteiger partial charge in [0.2, 0.25) is 0 Å². The summed E-state index contributed by atoms with van der Waals surface area (Å²) in [5, 5.41) is 3.43. The van der Waals surface area contributed by atoms with Gasteiger partial charge in [-0.1, -0.05) is 13.8 Å². The minimum absolute atomic E-state index is 0.553. The largest absolute Gasteiger partial charge is 0.245 e. The molecule has 0 bridgehead atoms. The highest BCUT2D eigenvalue weighted by molar-refractivity contribution is 7.09. The summed E-state index contributed by atoms with van der Waals surface area (Å²) in [5.74, 6) is 3.04. The fourth-order valence-electron chi connectivity index (χ4n) is 2.60. The van der Waals surface area contributed by atoms with Crippen LogP contribution in [0.1, 0.15) is 56.2 Å². The van der Waals surface area contributed by atoms with Gasteiger partial charge in [0.05, 0.1) is 16.6 Å². The van der Waals surface area contributed by atoms with Crippen LogP contribution in [0.2, 0.25) is 0 Å². The van der Waals surface area contributed by atoms with E-state index in [1.807, 2.05) is 0 Å². The van der Waals surface area contributed by atoms with Gasteiger partial charge in [0.15, 0.2) is 0 Å². The molecule has 1 aliphatic rings. The van der Waals surface area contributed by atoms with Crippen LogP contribution in [-0.4, -0.2) is 4.98 Å². The molecule has 1 saturated carbocycles. The Morgan fingerprint density at radius 2 is 2.06 bits per heavy atom. The summed E-state index contributed by atoms with van der Waals surface area (Å²) < 4.78 is 0. The molecule has 0 N–H and O–H groups in total. The van der Waals surface area contributed by atoms with Gasteiger partial charge in [-0.2, -0.15) is 0 Å². The second-order valence-electron chi connectivity index (χ2n) is 5.17. The van der Waals surface area contributed by atoms with E-state index < -0.39 is 0 Å². The molecule has 0 saturated heterocycles. The summed E-state index contributed by atoms with van der Waals surface area (Å²) >= 11 is 7.58. The lowest BCUT2D eigenvalue weighted by atomic mass is 9.77. The number of hydrogen-bond acceptors (Lipinski definition) is 2. The van der Waals surface area contributed by atoms with Crippen molar-refractivity contribution >= 4 is 22.9 Å². The molecule has 1 aromatic rings. The van der Waals surface area contributed by atoms with Crippen molar-refractivity contribution in [2.45, 2.75) is 51.3 Å². The van der Waals surface area contributed by atoms with E-state index in [-0.39, 0.29) is 0 Å². The fourth-order valence-corrected chi connectivity index (χ4v) is 3.82. The Morgan fingerprint density at radius 1 is 1.38 bits per heavy atom. The maximum absolute atomic E-state index is 5.79. The van der Waals surface area contributed by atoms with E-state index in [4.69, 9.17) is 11.6 Å². The monoisotopic (exact) mass is 257 g/mol. The molecule has 1 fully saturated rings. The van der Waals surface area contributed by atoms with Crippen LogP contribution in [0.4, 0.5) is 0 Å². The Hall–Kier alpha value is -0.0800. The van der Waals surface area contributed by atoms with Crippen molar-refractivity contribution in [3.8, 4) is 0 Å². The van der Waals surface area contributed by atoms with Crippen molar-refractivity contribution in [1.82, 2.24) is 4.98 Å². The molecule has 1 heterocycles. The summed E-state index contributed by atoms with van der Waals surface area (Å²) in [6.07, 6.45) is 5.38. The normalized spacial score (nSPS) is 26.2. The van der Waals surface area contributed by atoms with Gasteiger partial charge in [-0.05, 0) is 37.5 Å². The molecule has 3 heteroatoms. The second-order valence-corrected chi connectivity index (χ2v) is 6.32. The topological polar surface area (TPSA) is 12.9 Å². The standard InChI is InChI=1S/C13H20ClNS/c1-9(2)10-3-5-11(6-4-10)13-15-12(7-14)8-16-13/h8-11H,3-7H2,1-2H3. The lowest BCUT2D eigenvalue weighted by Crippen LogP contribution is -2.17. The SMILES string of the molecule is CC(C)C1CCC(c2nc(CCl)cs2)CC1. The Labute approximate surface area is 107 Å². The third kappa shape index (κ3) is 2.78. The van der Waals surface area contributed by atoms with Gasteiger partial charge >= 0.3 is 0 Å². The van der Waals surface area contributed by atoms with E-state index in [9.17, 15) is 0 Å². The first kappa shape index (κ1) is 12.4. The molecule has 1 aromatic heterocycles. The number of alkyl halides is 1. The van der Waals surface area contributed by atoms with Gasteiger partial charge in [0.1, 0.15) is 0 Å². The zero-order valence-corrected chi connectivity index (χ0v) is 11.7. The average molecular weight is 258 g/mol. The Bertz CT molecular complexity index is 326. The molecule has 0 amide bonds. The van der Waals surface area contributed by atoms with Crippen LogP contribution in [0.15, 0.2) is 5.38 Å². The molecule has 0 unspecified atom stereocenters. The predicted octanol–water partition coefficient (Wildman–Crippen LogP) is 4.81. The fraction of sp³-hybridized carbons (Fsp3) is 0.769. The quantitative estimate of drug-likeness (QED) is 0.708. The van der Waals surface area contributed by atoms with E-state index in [1.165, 1.54) is 30.7 Å². The van der Waals surface area contributed by atoms with Crippen LogP contribution in [0.3, 0.4) is 0 Å². The molecule has 16 heavy (non-hydrogen) atoms. The van der Waals surface area contributed by atoms with Crippen LogP contribution in [0.5, 0.6) is 0 Å². The Morgan fingerprint density at radius 3 is 2.56 bits per heavy atom. The van der Waals surface area contributed by atoms with Gasteiger partial charge < -0.3 is 0 Å². The van der Waals surface area contributed by atoms with E-state index >= 15 is 0 Å². The molecule has 0 radical (unpaired) electrons. The molecule has 90 valence electrons. The number of rotatable bonds is 3. The van der Waals surface area contributed by atoms with Crippen LogP contribution in [0.25, 0.3) is 0 Å². The molecule has 1 aliphatic carbocycles. The molecular weight excluding hydrogens is 238 g/mol. The van der Waals surface area contributed by atoms with Crippen molar-refractivity contribution in [1.29, 1.82) is 0 Å². The Kier molecular flexibility index (Phi) is 4.26. The number of halogens is 1. The first-order valence-corrected chi connectivity index (χ1v) is 7.62. The minimum Gasteiger partial charge on any atom is -0.245 e. The Balaban J connectivity index is 1.93. The minimum atomic E-state index is 0.553. The first-order valence-electron chi connectivity index (χ1n) is 6.21. The van der Waals surface area contributed by atoms with Crippen molar-refractivity contribution in [2.75, 3.05) is 0 Å². The third-order valence-corrected chi connectivity index (χ3v) is 5.10. The maximum Gasteiger partial charge on any atom is 0.0959 e. The number of hydrogen-bond donors (Lipinski definition) is 0. The van der Waals surface area contributed by atoms with Gasteiger partial charge in [-0.15, -0.1) is 22.9 Å². The van der Waals surface area contributed by atoms with Crippen LogP contribution < -0.4 is 0 Å². The molecule has 0 atom stereocenters. The van der Waals surface area contributed by atoms with Crippen molar-refractivity contribution in [2.24, 2.45) is 11.8 Å². The highest BCUT2D eigenvalue weighted by Gasteiger charge is 2.25. The van der Waals surface area contributed by atoms with E-state index in [0.717, 1.165) is 17.5 Å². The van der Waals surface area contributed by atoms with E-state index in [1.54, 1.807) is 11.3 Å². The van der Waals surface area contributed by atoms with Gasteiger partial charge in [0, 0.05) is 11.3 Å². The third-order valence-electron chi connectivity index (χ3n) is 3.77. The summed E-state index contributed by atoms with van der Waals surface area (Å²) in [7, 11) is 0. The van der Waals surface area contributed by atoms with Crippen LogP contribution in [0, 0.1) is 11.8 Å². The highest BCUT2D eigenvalue weighted by Crippen LogP contribution is 2.39. The summed E-state index contributed by atoms with van der Waals surface area (Å²) in [6.45, 7) is 4.69. The maximum atomic E-state index is 5.79. The molecule has 1 nitrogen and oxygen atoms in total. The number of aromatic nitrogens is 1. The second kappa shape index (κ2) is 5.50. The van der Waals surface area contributed by atoms with E-state index in [0.29, 0.717) is 11.8 Å². The van der Waals surface area contributed by atoms with Crippen molar-refractivity contribution in [3.63, 3.8) is 0 Å². The molecule has 0 aliphatic heterocycles. The molecule has 0 aromatic carbocycles. The summed E-state index contributed by atoms with van der Waals surface area (Å²) in [6, 6.07) is 0. The average Bonchev–Trinajstić information content (AvgIpc) is 2.77. The van der Waals surface area contributed by atoms with Gasteiger partial charge in [-0.3, -0.25) is 0 Å². The van der Waals surface area contributed by atoms with Crippen LogP contribution in [-0.2, 0) is 5.88 Å². The highest BCUT2D eigenvalue weighted by atomic mass is 35.5. The molecule has 0 spiro atoms. The smallest absolute Gasteiger partial charge is 0.0959 e. The number of nitrogens with zero attached hydrogens (tertiary/aromatic N) is 1. The zero-order chi connectivity index (χ0) is 11.5. The predicted molar refractivity (Wildman–Crippen MR) is 71.2 cm³/mol. The lowest BCUT2D eigenvalue weighted by Gasteiger charge is -2.29. The first-order chi connectivity index (χ1) is 7.70. The zero-order valence-electron chi connectivity index (χ0n) is 10.1. The number of thiazole rings is 1. The van der Waals surface area contributed by atoms with Crippen molar-refractivity contribution < 1.29 is 0 Å². The van der Waals surface area contributed by atoms with Gasteiger partial charge in [-0.25, -0.2) is 4.98 Å². The lowest BCUT2D eigenvalue weighted by molar-refractivity contribution is 0.258. The van der Waals surface area contributed by atoms with Gasteiger partial charge in [0.25, 0.3) is 0 Å². The summed E-state index contributed by atoms with van der Waals surface area (Å²) in [4.78, 5) is 4.61.